The number of hydrogen-bond donors (Lipinski definition) is 3. The zero-order valence-corrected chi connectivity index (χ0v) is 8.64. The van der Waals surface area contributed by atoms with Crippen molar-refractivity contribution in [3.8, 4) is 0 Å². The van der Waals surface area contributed by atoms with E-state index in [4.69, 9.17) is 10.8 Å². The van der Waals surface area contributed by atoms with Crippen molar-refractivity contribution in [1.82, 2.24) is 19.9 Å². The lowest BCUT2D eigenvalue weighted by Crippen LogP contribution is -1.92. The number of nitrogens with two attached hydrogens (primary N) is 1. The molecule has 0 fully saturated rings. The molecule has 0 aliphatic heterocycles. The summed E-state index contributed by atoms with van der Waals surface area (Å²) in [6.07, 6.45) is 2.92. The smallest absolute Gasteiger partial charge is 0.330 e. The molecule has 2 rings (SSSR count). The molecule has 2 heterocycles. The van der Waals surface area contributed by atoms with Crippen molar-refractivity contribution in [3.63, 3.8) is 0 Å². The minimum Gasteiger partial charge on any atom is -0.478 e. The highest BCUT2D eigenvalue weighted by Crippen LogP contribution is 2.09. The van der Waals surface area contributed by atoms with Crippen LogP contribution >= 0.6 is 0 Å². The number of imidazole rings is 1. The Morgan fingerprint density at radius 1 is 1.50 bits per heavy atom. The second-order valence-corrected chi connectivity index (χ2v) is 2.95. The summed E-state index contributed by atoms with van der Waals surface area (Å²) >= 11 is 0. The van der Waals surface area contributed by atoms with E-state index in [0.29, 0.717) is 17.0 Å². The van der Waals surface area contributed by atoms with Crippen LogP contribution in [0.1, 0.15) is 6.92 Å². The van der Waals surface area contributed by atoms with Crippen LogP contribution in [0.4, 0.5) is 5.82 Å². The van der Waals surface area contributed by atoms with E-state index >= 15 is 0 Å². The van der Waals surface area contributed by atoms with Gasteiger partial charge in [-0.25, -0.2) is 19.7 Å². The van der Waals surface area contributed by atoms with Crippen LogP contribution in [0.2, 0.25) is 0 Å². The molecule has 2 aromatic heterocycles. The molecule has 0 aromatic carbocycles. The van der Waals surface area contributed by atoms with Gasteiger partial charge in [-0.2, -0.15) is 0 Å². The van der Waals surface area contributed by atoms with Crippen LogP contribution in [0.15, 0.2) is 24.8 Å². The van der Waals surface area contributed by atoms with Gasteiger partial charge in [0.15, 0.2) is 11.5 Å². The predicted molar refractivity (Wildman–Crippen MR) is 58.5 cm³/mol. The van der Waals surface area contributed by atoms with Crippen LogP contribution in [0, 0.1) is 0 Å². The number of aromatic amines is 1. The number of aromatic nitrogens is 4. The van der Waals surface area contributed by atoms with E-state index in [1.165, 1.54) is 19.6 Å². The van der Waals surface area contributed by atoms with Crippen molar-refractivity contribution in [2.45, 2.75) is 6.92 Å². The maximum Gasteiger partial charge on any atom is 0.330 e. The third kappa shape index (κ3) is 2.77. The van der Waals surface area contributed by atoms with Gasteiger partial charge in [-0.1, -0.05) is 6.58 Å². The van der Waals surface area contributed by atoms with Crippen molar-refractivity contribution in [2.75, 3.05) is 5.73 Å². The van der Waals surface area contributed by atoms with Gasteiger partial charge >= 0.3 is 5.97 Å². The fourth-order valence-corrected chi connectivity index (χ4v) is 0.784. The van der Waals surface area contributed by atoms with E-state index in [2.05, 4.69) is 26.5 Å². The second-order valence-electron chi connectivity index (χ2n) is 2.95. The molecular weight excluding hydrogens is 210 g/mol. The van der Waals surface area contributed by atoms with Crippen molar-refractivity contribution in [3.05, 3.63) is 24.8 Å². The molecule has 0 saturated heterocycles. The molecule has 84 valence electrons. The lowest BCUT2D eigenvalue weighted by Gasteiger charge is -1.89. The fourth-order valence-electron chi connectivity index (χ4n) is 0.784. The van der Waals surface area contributed by atoms with Crippen molar-refractivity contribution in [2.24, 2.45) is 0 Å². The summed E-state index contributed by atoms with van der Waals surface area (Å²) in [5.74, 6) is -0.502. The van der Waals surface area contributed by atoms with Gasteiger partial charge in [0.25, 0.3) is 0 Å². The zero-order chi connectivity index (χ0) is 12.1. The molecule has 0 bridgehead atoms. The number of nitrogens with zero attached hydrogens (tertiary/aromatic N) is 3. The number of nitrogen functional groups attached to an aromatic ring is 1. The van der Waals surface area contributed by atoms with Gasteiger partial charge in [-0.3, -0.25) is 0 Å². The standard InChI is InChI=1S/C5H5N5.C4H6O2/c6-4-3-5(9-1-7-3)10-2-8-4;1-3(2)4(5)6/h1-2H,(H3,6,7,8,9,10);1H2,2H3,(H,5,6). The predicted octanol–water partition coefficient (Wildman–Crippen LogP) is 0.582. The molecule has 0 unspecified atom stereocenters. The van der Waals surface area contributed by atoms with Crippen LogP contribution in [0.3, 0.4) is 0 Å². The molecule has 7 nitrogen and oxygen atoms in total. The molecule has 0 spiro atoms. The SMILES string of the molecule is C=C(C)C(=O)O.Nc1ncnc2nc[nH]c12. The summed E-state index contributed by atoms with van der Waals surface area (Å²) in [4.78, 5) is 24.0. The van der Waals surface area contributed by atoms with Crippen LogP contribution in [-0.2, 0) is 4.79 Å². The number of aliphatic carboxylic acids is 1. The summed E-state index contributed by atoms with van der Waals surface area (Å²) < 4.78 is 0. The first-order chi connectivity index (χ1) is 7.52. The first-order valence-electron chi connectivity index (χ1n) is 4.30. The number of carbonyl (C=O) groups is 1. The Morgan fingerprint density at radius 2 is 2.12 bits per heavy atom. The number of rotatable bonds is 1. The second kappa shape index (κ2) is 4.87. The Kier molecular flexibility index (Phi) is 3.54. The van der Waals surface area contributed by atoms with Crippen molar-refractivity contribution >= 4 is 23.0 Å². The maximum absolute atomic E-state index is 9.60. The minimum absolute atomic E-state index is 0.176. The lowest BCUT2D eigenvalue weighted by molar-refractivity contribution is -0.132. The van der Waals surface area contributed by atoms with Crippen molar-refractivity contribution < 1.29 is 9.90 Å². The molecule has 0 atom stereocenters. The van der Waals surface area contributed by atoms with Gasteiger partial charge in [-0.05, 0) is 6.92 Å². The summed E-state index contributed by atoms with van der Waals surface area (Å²) in [6.45, 7) is 4.60. The third-order valence-corrected chi connectivity index (χ3v) is 1.62. The maximum atomic E-state index is 9.60. The number of carboxylic acid groups (broad SMARTS) is 1. The average Bonchev–Trinajstić information content (AvgIpc) is 2.68. The van der Waals surface area contributed by atoms with E-state index in [0.717, 1.165) is 0 Å². The number of hydrogen-bond acceptors (Lipinski definition) is 5. The largest absolute Gasteiger partial charge is 0.478 e. The van der Waals surface area contributed by atoms with E-state index in [1.807, 2.05) is 0 Å². The number of fused-ring (bicyclic) bond motifs is 1. The Morgan fingerprint density at radius 3 is 2.62 bits per heavy atom. The Balaban J connectivity index is 0.000000187. The first kappa shape index (κ1) is 11.6. The van der Waals surface area contributed by atoms with Gasteiger partial charge in [0.2, 0.25) is 0 Å². The van der Waals surface area contributed by atoms with Crippen LogP contribution in [0.25, 0.3) is 11.2 Å². The molecule has 0 amide bonds. The van der Waals surface area contributed by atoms with Crippen LogP contribution < -0.4 is 5.73 Å². The van der Waals surface area contributed by atoms with Gasteiger partial charge < -0.3 is 15.8 Å². The Hall–Kier alpha value is -2.44. The van der Waals surface area contributed by atoms with E-state index < -0.39 is 5.97 Å². The topological polar surface area (TPSA) is 118 Å². The Bertz CT molecular complexity index is 507. The van der Waals surface area contributed by atoms with E-state index in [-0.39, 0.29) is 5.57 Å². The molecule has 4 N–H and O–H groups in total. The molecule has 16 heavy (non-hydrogen) atoms. The highest BCUT2D eigenvalue weighted by Gasteiger charge is 1.99. The molecule has 0 aliphatic rings. The summed E-state index contributed by atoms with van der Waals surface area (Å²) in [7, 11) is 0. The molecule has 0 radical (unpaired) electrons. The van der Waals surface area contributed by atoms with Gasteiger partial charge in [0.05, 0.1) is 6.33 Å². The van der Waals surface area contributed by atoms with Crippen LogP contribution in [-0.4, -0.2) is 31.0 Å². The van der Waals surface area contributed by atoms with E-state index in [9.17, 15) is 4.79 Å². The van der Waals surface area contributed by atoms with Gasteiger partial charge in [-0.15, -0.1) is 0 Å². The first-order valence-corrected chi connectivity index (χ1v) is 4.30. The quantitative estimate of drug-likeness (QED) is 0.606. The van der Waals surface area contributed by atoms with Crippen molar-refractivity contribution in [1.29, 1.82) is 0 Å². The van der Waals surface area contributed by atoms with Gasteiger partial charge in [0, 0.05) is 5.57 Å². The monoisotopic (exact) mass is 221 g/mol. The Labute approximate surface area is 91.1 Å². The summed E-state index contributed by atoms with van der Waals surface area (Å²) in [6, 6.07) is 0. The third-order valence-electron chi connectivity index (χ3n) is 1.62. The summed E-state index contributed by atoms with van der Waals surface area (Å²) in [5, 5.41) is 7.89. The number of H-pyrrole nitrogens is 1. The molecular formula is C9H11N5O2. The number of carboxylic acids is 1. The highest BCUT2D eigenvalue weighted by atomic mass is 16.4. The van der Waals surface area contributed by atoms with Gasteiger partial charge in [0.1, 0.15) is 11.8 Å². The lowest BCUT2D eigenvalue weighted by atomic mass is 10.4. The average molecular weight is 221 g/mol. The minimum atomic E-state index is -0.935. The van der Waals surface area contributed by atoms with E-state index in [1.54, 1.807) is 0 Å². The highest BCUT2D eigenvalue weighted by molar-refractivity contribution is 5.84. The molecule has 7 heteroatoms. The fraction of sp³-hybridized carbons (Fsp3) is 0.111. The normalized spacial score (nSPS) is 9.31. The summed E-state index contributed by atoms with van der Waals surface area (Å²) in [5.41, 5.74) is 6.96. The number of anilines is 1. The molecule has 2 aromatic rings. The molecule has 0 aliphatic carbocycles. The van der Waals surface area contributed by atoms with Crippen LogP contribution in [0.5, 0.6) is 0 Å². The number of nitrogens with one attached hydrogen (secondary N) is 1. The molecule has 0 saturated carbocycles. The zero-order valence-electron chi connectivity index (χ0n) is 8.64.